The Balaban J connectivity index is 1.41. The minimum Gasteiger partial charge on any atom is -0.339 e. The number of hydrogen-bond acceptors (Lipinski definition) is 5. The molecule has 4 rings (SSSR count). The number of aromatic amines is 1. The second-order valence-corrected chi connectivity index (χ2v) is 6.77. The number of nitrogens with zero attached hydrogens (tertiary/aromatic N) is 4. The molecule has 1 saturated carbocycles. The fourth-order valence-electron chi connectivity index (χ4n) is 3.20. The second kappa shape index (κ2) is 6.86. The number of carbonyl (C=O) groups excluding carboxylic acids is 1. The molecule has 2 aliphatic rings. The smallest absolute Gasteiger partial charge is 0.288 e. The lowest BCUT2D eigenvalue weighted by atomic mass is 10.2. The van der Waals surface area contributed by atoms with E-state index in [1.807, 2.05) is 17.0 Å². The van der Waals surface area contributed by atoms with E-state index in [0.717, 1.165) is 18.4 Å². The maximum atomic E-state index is 13.9. The van der Waals surface area contributed by atoms with E-state index in [0.29, 0.717) is 38.5 Å². The number of piperazine rings is 1. The molecule has 8 heteroatoms. The van der Waals surface area contributed by atoms with E-state index in [1.54, 1.807) is 17.3 Å². The van der Waals surface area contributed by atoms with Gasteiger partial charge < -0.3 is 9.80 Å². The van der Waals surface area contributed by atoms with Gasteiger partial charge in [-0.3, -0.25) is 19.6 Å². The largest absolute Gasteiger partial charge is 0.339 e. The van der Waals surface area contributed by atoms with Crippen LogP contribution >= 0.6 is 0 Å². The summed E-state index contributed by atoms with van der Waals surface area (Å²) in [5, 5.41) is 0. The summed E-state index contributed by atoms with van der Waals surface area (Å²) in [6.45, 7) is 2.19. The quantitative estimate of drug-likeness (QED) is 0.885. The molecule has 0 bridgehead atoms. The molecule has 1 aliphatic heterocycles. The van der Waals surface area contributed by atoms with Crippen molar-refractivity contribution >= 4 is 11.9 Å². The highest BCUT2D eigenvalue weighted by molar-refractivity contribution is 5.79. The van der Waals surface area contributed by atoms with Crippen molar-refractivity contribution in [3.8, 4) is 0 Å². The van der Waals surface area contributed by atoms with Crippen molar-refractivity contribution in [2.45, 2.75) is 25.2 Å². The number of halogens is 1. The normalized spacial score (nSPS) is 17.4. The number of aromatic nitrogens is 3. The number of pyridine rings is 1. The summed E-state index contributed by atoms with van der Waals surface area (Å²) in [5.41, 5.74) is 0.448. The van der Waals surface area contributed by atoms with Gasteiger partial charge in [-0.05, 0) is 24.5 Å². The van der Waals surface area contributed by atoms with Crippen molar-refractivity contribution in [3.05, 3.63) is 52.0 Å². The van der Waals surface area contributed by atoms with Crippen molar-refractivity contribution in [2.75, 3.05) is 31.1 Å². The van der Waals surface area contributed by atoms with Gasteiger partial charge in [0.15, 0.2) is 0 Å². The van der Waals surface area contributed by atoms with Crippen LogP contribution in [0, 0.1) is 5.82 Å². The number of nitrogens with one attached hydrogen (secondary N) is 1. The third-order valence-corrected chi connectivity index (χ3v) is 4.85. The third-order valence-electron chi connectivity index (χ3n) is 4.85. The molecule has 0 unspecified atom stereocenters. The highest BCUT2D eigenvalue weighted by atomic mass is 19.1. The molecule has 1 amide bonds. The van der Waals surface area contributed by atoms with Crippen molar-refractivity contribution in [2.24, 2.45) is 0 Å². The Morgan fingerprint density at radius 1 is 1.27 bits per heavy atom. The number of carbonyl (C=O) groups is 1. The van der Waals surface area contributed by atoms with Crippen LogP contribution in [-0.4, -0.2) is 51.9 Å². The molecule has 2 aromatic rings. The lowest BCUT2D eigenvalue weighted by Crippen LogP contribution is -2.50. The van der Waals surface area contributed by atoms with Crippen molar-refractivity contribution in [1.82, 2.24) is 19.9 Å². The first-order valence-electron chi connectivity index (χ1n) is 8.83. The molecule has 136 valence electrons. The van der Waals surface area contributed by atoms with Crippen molar-refractivity contribution < 1.29 is 9.18 Å². The van der Waals surface area contributed by atoms with E-state index in [1.165, 1.54) is 0 Å². The predicted octanol–water partition coefficient (Wildman–Crippen LogP) is 1.07. The zero-order chi connectivity index (χ0) is 18.1. The second-order valence-electron chi connectivity index (χ2n) is 6.77. The van der Waals surface area contributed by atoms with E-state index in [2.05, 4.69) is 15.0 Å². The van der Waals surface area contributed by atoms with Crippen LogP contribution in [0.5, 0.6) is 0 Å². The van der Waals surface area contributed by atoms with Crippen LogP contribution in [0.25, 0.3) is 0 Å². The molecular weight excluding hydrogens is 337 g/mol. The number of amides is 1. The van der Waals surface area contributed by atoms with E-state index in [9.17, 15) is 14.0 Å². The van der Waals surface area contributed by atoms with E-state index in [-0.39, 0.29) is 17.5 Å². The first-order valence-corrected chi connectivity index (χ1v) is 8.83. The number of H-pyrrole nitrogens is 1. The predicted molar refractivity (Wildman–Crippen MR) is 93.5 cm³/mol. The SMILES string of the molecule is O=C(Cc1cccnc1)N1CCN(c2nc(C3CC3)c(F)c(=O)[nH]2)CC1. The molecular formula is C18H20FN5O2. The first kappa shape index (κ1) is 16.7. The van der Waals surface area contributed by atoms with Crippen LogP contribution < -0.4 is 10.5 Å². The van der Waals surface area contributed by atoms with Crippen LogP contribution in [0.2, 0.25) is 0 Å². The van der Waals surface area contributed by atoms with Gasteiger partial charge in [-0.15, -0.1) is 0 Å². The van der Waals surface area contributed by atoms with Crippen LogP contribution in [0.15, 0.2) is 29.3 Å². The Morgan fingerprint density at radius 2 is 2.04 bits per heavy atom. The zero-order valence-corrected chi connectivity index (χ0v) is 14.3. The van der Waals surface area contributed by atoms with Gasteiger partial charge in [0.25, 0.3) is 5.56 Å². The summed E-state index contributed by atoms with van der Waals surface area (Å²) in [6.07, 6.45) is 5.46. The van der Waals surface area contributed by atoms with E-state index >= 15 is 0 Å². The van der Waals surface area contributed by atoms with E-state index < -0.39 is 11.4 Å². The Labute approximate surface area is 149 Å². The molecule has 3 heterocycles. The third kappa shape index (κ3) is 3.44. The first-order chi connectivity index (χ1) is 12.6. The maximum Gasteiger partial charge on any atom is 0.288 e. The lowest BCUT2D eigenvalue weighted by Gasteiger charge is -2.35. The van der Waals surface area contributed by atoms with Gasteiger partial charge in [0.1, 0.15) is 0 Å². The Kier molecular flexibility index (Phi) is 4.40. The fourth-order valence-corrected chi connectivity index (χ4v) is 3.20. The van der Waals surface area contributed by atoms with Crippen LogP contribution in [0.3, 0.4) is 0 Å². The van der Waals surface area contributed by atoms with Gasteiger partial charge in [-0.2, -0.15) is 4.39 Å². The van der Waals surface area contributed by atoms with Gasteiger partial charge >= 0.3 is 0 Å². The molecule has 1 N–H and O–H groups in total. The fraction of sp³-hybridized carbons (Fsp3) is 0.444. The van der Waals surface area contributed by atoms with Gasteiger partial charge in [0.2, 0.25) is 17.7 Å². The summed E-state index contributed by atoms with van der Waals surface area (Å²) in [6, 6.07) is 3.70. The average molecular weight is 357 g/mol. The average Bonchev–Trinajstić information content (AvgIpc) is 3.50. The molecule has 0 spiro atoms. The summed E-state index contributed by atoms with van der Waals surface area (Å²) in [4.78, 5) is 38.9. The molecule has 1 saturated heterocycles. The Hall–Kier alpha value is -2.77. The van der Waals surface area contributed by atoms with Gasteiger partial charge in [-0.25, -0.2) is 4.98 Å². The number of anilines is 1. The summed E-state index contributed by atoms with van der Waals surface area (Å²) < 4.78 is 13.9. The highest BCUT2D eigenvalue weighted by Gasteiger charge is 2.31. The van der Waals surface area contributed by atoms with Crippen molar-refractivity contribution in [1.29, 1.82) is 0 Å². The Morgan fingerprint density at radius 3 is 2.69 bits per heavy atom. The van der Waals surface area contributed by atoms with E-state index in [4.69, 9.17) is 0 Å². The van der Waals surface area contributed by atoms with Crippen LogP contribution in [0.4, 0.5) is 10.3 Å². The van der Waals surface area contributed by atoms with Gasteiger partial charge in [0.05, 0.1) is 12.1 Å². The Bertz CT molecular complexity index is 858. The van der Waals surface area contributed by atoms with Gasteiger partial charge in [-0.1, -0.05) is 6.07 Å². The molecule has 7 nitrogen and oxygen atoms in total. The minimum atomic E-state index is -0.762. The molecule has 1 aliphatic carbocycles. The molecule has 0 atom stereocenters. The standard InChI is InChI=1S/C18H20FN5O2/c19-15-16(13-3-4-13)21-18(22-17(15)26)24-8-6-23(7-9-24)14(25)10-12-2-1-5-20-11-12/h1-2,5,11,13H,3-4,6-10H2,(H,21,22,26). The zero-order valence-electron chi connectivity index (χ0n) is 14.3. The number of hydrogen-bond donors (Lipinski definition) is 1. The summed E-state index contributed by atoms with van der Waals surface area (Å²) in [7, 11) is 0. The lowest BCUT2D eigenvalue weighted by molar-refractivity contribution is -0.130. The minimum absolute atomic E-state index is 0.0527. The van der Waals surface area contributed by atoms with Crippen molar-refractivity contribution in [3.63, 3.8) is 0 Å². The van der Waals surface area contributed by atoms with Crippen LogP contribution in [0.1, 0.15) is 30.0 Å². The molecule has 2 aromatic heterocycles. The molecule has 0 radical (unpaired) electrons. The molecule has 26 heavy (non-hydrogen) atoms. The summed E-state index contributed by atoms with van der Waals surface area (Å²) in [5.74, 6) is -0.241. The topological polar surface area (TPSA) is 82.2 Å². The maximum absolute atomic E-state index is 13.9. The molecule has 2 fully saturated rings. The van der Waals surface area contributed by atoms with Gasteiger partial charge in [0, 0.05) is 44.5 Å². The monoisotopic (exact) mass is 357 g/mol. The number of rotatable bonds is 4. The van der Waals surface area contributed by atoms with Crippen LogP contribution in [-0.2, 0) is 11.2 Å². The summed E-state index contributed by atoms with van der Waals surface area (Å²) >= 11 is 0. The highest BCUT2D eigenvalue weighted by Crippen LogP contribution is 2.39. The molecule has 0 aromatic carbocycles.